The van der Waals surface area contributed by atoms with Crippen LogP contribution in [-0.4, -0.2) is 48.6 Å². The van der Waals surface area contributed by atoms with Crippen molar-refractivity contribution < 1.29 is 23.1 Å². The summed E-state index contributed by atoms with van der Waals surface area (Å²) in [5, 5.41) is 2.85. The highest BCUT2D eigenvalue weighted by atomic mass is 19.3. The van der Waals surface area contributed by atoms with Gasteiger partial charge >= 0.3 is 6.61 Å². The molecular formula is C12H16F2N2O3. The van der Waals surface area contributed by atoms with Gasteiger partial charge in [-0.2, -0.15) is 8.78 Å². The van der Waals surface area contributed by atoms with E-state index in [4.69, 9.17) is 0 Å². The Balaban J connectivity index is 1.52. The minimum absolute atomic E-state index is 0.154. The zero-order chi connectivity index (χ0) is 13.6. The summed E-state index contributed by atoms with van der Waals surface area (Å²) in [5.74, 6) is -0.432. The van der Waals surface area contributed by atoms with Gasteiger partial charge in [0.15, 0.2) is 0 Å². The fourth-order valence-corrected chi connectivity index (χ4v) is 2.35. The Kier molecular flexibility index (Phi) is 2.96. The number of carbonyl (C=O) groups is 2. The van der Waals surface area contributed by atoms with E-state index in [1.54, 1.807) is 0 Å². The van der Waals surface area contributed by atoms with Gasteiger partial charge in [-0.05, 0) is 25.7 Å². The Morgan fingerprint density at radius 2 is 1.89 bits per heavy atom. The number of ether oxygens (including phenoxy) is 1. The number of likely N-dealkylation sites (tertiary alicyclic amines) is 1. The monoisotopic (exact) mass is 274 g/mol. The Bertz CT molecular complexity index is 402. The molecule has 1 saturated heterocycles. The van der Waals surface area contributed by atoms with Gasteiger partial charge in [0, 0.05) is 19.1 Å². The van der Waals surface area contributed by atoms with Crippen LogP contribution < -0.4 is 5.32 Å². The van der Waals surface area contributed by atoms with Crippen molar-refractivity contribution in [3.05, 3.63) is 0 Å². The molecule has 2 aliphatic carbocycles. The molecule has 106 valence electrons. The molecule has 0 unspecified atom stereocenters. The molecule has 3 aliphatic rings. The average Bonchev–Trinajstić information content (AvgIpc) is 3.13. The topological polar surface area (TPSA) is 58.6 Å². The van der Waals surface area contributed by atoms with Crippen molar-refractivity contribution in [3.8, 4) is 0 Å². The van der Waals surface area contributed by atoms with Crippen LogP contribution in [0.2, 0.25) is 0 Å². The predicted octanol–water partition coefficient (Wildman–Crippen LogP) is 0.495. The van der Waals surface area contributed by atoms with Gasteiger partial charge in [0.2, 0.25) is 11.8 Å². The fraction of sp³-hybridized carbons (Fsp3) is 0.833. The van der Waals surface area contributed by atoms with Crippen LogP contribution in [0, 0.1) is 5.41 Å². The van der Waals surface area contributed by atoms with E-state index in [2.05, 4.69) is 10.1 Å². The minimum Gasteiger partial charge on any atom is -0.352 e. The number of alkyl halides is 2. The lowest BCUT2D eigenvalue weighted by molar-refractivity contribution is -0.201. The Morgan fingerprint density at radius 1 is 1.26 bits per heavy atom. The van der Waals surface area contributed by atoms with Crippen molar-refractivity contribution in [2.24, 2.45) is 5.41 Å². The molecule has 7 heteroatoms. The van der Waals surface area contributed by atoms with Crippen LogP contribution in [0.15, 0.2) is 0 Å². The predicted molar refractivity (Wildman–Crippen MR) is 60.3 cm³/mol. The van der Waals surface area contributed by atoms with Crippen molar-refractivity contribution >= 4 is 11.8 Å². The summed E-state index contributed by atoms with van der Waals surface area (Å²) in [4.78, 5) is 25.7. The first-order valence-corrected chi connectivity index (χ1v) is 6.55. The summed E-state index contributed by atoms with van der Waals surface area (Å²) < 4.78 is 28.2. The second-order valence-electron chi connectivity index (χ2n) is 5.56. The Hall–Kier alpha value is -1.24. The normalized spacial score (nSPS) is 25.1. The second kappa shape index (κ2) is 4.40. The molecule has 0 bridgehead atoms. The second-order valence-corrected chi connectivity index (χ2v) is 5.56. The van der Waals surface area contributed by atoms with E-state index in [0.29, 0.717) is 12.8 Å². The standard InChI is InChI=1S/C12H16F2N2O3/c13-11(14)19-8-5-16(6-8)10(18)12(3-4-12)9(17)15-7-1-2-7/h7-8,11H,1-6H2,(H,15,17). The molecule has 0 aromatic heterocycles. The van der Waals surface area contributed by atoms with Crippen LogP contribution in [0.3, 0.4) is 0 Å². The van der Waals surface area contributed by atoms with Gasteiger partial charge in [-0.3, -0.25) is 9.59 Å². The lowest BCUT2D eigenvalue weighted by Crippen LogP contribution is -2.59. The molecule has 3 fully saturated rings. The lowest BCUT2D eigenvalue weighted by atomic mass is 10.0. The zero-order valence-electron chi connectivity index (χ0n) is 10.4. The highest BCUT2D eigenvalue weighted by Gasteiger charge is 2.59. The van der Waals surface area contributed by atoms with Crippen LogP contribution in [0.4, 0.5) is 8.78 Å². The first-order valence-electron chi connectivity index (χ1n) is 6.55. The molecule has 0 radical (unpaired) electrons. The van der Waals surface area contributed by atoms with Gasteiger partial charge in [0.05, 0.1) is 6.10 Å². The quantitative estimate of drug-likeness (QED) is 0.743. The van der Waals surface area contributed by atoms with E-state index < -0.39 is 18.1 Å². The highest BCUT2D eigenvalue weighted by Crippen LogP contribution is 2.48. The van der Waals surface area contributed by atoms with Gasteiger partial charge in [0.25, 0.3) is 0 Å². The molecule has 5 nitrogen and oxygen atoms in total. The smallest absolute Gasteiger partial charge is 0.345 e. The first-order chi connectivity index (χ1) is 9.01. The molecule has 19 heavy (non-hydrogen) atoms. The van der Waals surface area contributed by atoms with Crippen LogP contribution in [0.5, 0.6) is 0 Å². The number of rotatable bonds is 5. The summed E-state index contributed by atoms with van der Waals surface area (Å²) in [5.41, 5.74) is -0.918. The number of nitrogens with one attached hydrogen (secondary N) is 1. The third kappa shape index (κ3) is 2.43. The van der Waals surface area contributed by atoms with E-state index in [0.717, 1.165) is 12.8 Å². The molecular weight excluding hydrogens is 258 g/mol. The number of halogens is 2. The Labute approximate surface area is 109 Å². The fourth-order valence-electron chi connectivity index (χ4n) is 2.35. The van der Waals surface area contributed by atoms with Crippen molar-refractivity contribution in [1.82, 2.24) is 10.2 Å². The van der Waals surface area contributed by atoms with E-state index >= 15 is 0 Å². The van der Waals surface area contributed by atoms with E-state index in [9.17, 15) is 18.4 Å². The first kappa shape index (κ1) is 12.8. The SMILES string of the molecule is O=C(NC1CC1)C1(C(=O)N2CC(OC(F)F)C2)CC1. The van der Waals surface area contributed by atoms with Gasteiger partial charge in [-0.25, -0.2) is 0 Å². The van der Waals surface area contributed by atoms with Crippen LogP contribution in [0.1, 0.15) is 25.7 Å². The van der Waals surface area contributed by atoms with Crippen LogP contribution in [-0.2, 0) is 14.3 Å². The zero-order valence-corrected chi connectivity index (χ0v) is 10.4. The maximum absolute atomic E-state index is 12.2. The molecule has 1 heterocycles. The molecule has 2 saturated carbocycles. The van der Waals surface area contributed by atoms with Crippen LogP contribution in [0.25, 0.3) is 0 Å². The summed E-state index contributed by atoms with van der Waals surface area (Å²) >= 11 is 0. The molecule has 0 aromatic rings. The van der Waals surface area contributed by atoms with E-state index in [1.807, 2.05) is 0 Å². The minimum atomic E-state index is -2.81. The van der Waals surface area contributed by atoms with E-state index in [1.165, 1.54) is 4.90 Å². The maximum Gasteiger partial charge on any atom is 0.345 e. The molecule has 0 spiro atoms. The molecule has 3 rings (SSSR count). The molecule has 0 aromatic carbocycles. The van der Waals surface area contributed by atoms with Gasteiger partial charge in [-0.15, -0.1) is 0 Å². The van der Waals surface area contributed by atoms with Crippen molar-refractivity contribution in [2.75, 3.05) is 13.1 Å². The van der Waals surface area contributed by atoms with Crippen molar-refractivity contribution in [2.45, 2.75) is 44.4 Å². The number of hydrogen-bond donors (Lipinski definition) is 1. The third-order valence-electron chi connectivity index (χ3n) is 3.94. The maximum atomic E-state index is 12.2. The number of nitrogens with zero attached hydrogens (tertiary/aromatic N) is 1. The summed E-state index contributed by atoms with van der Waals surface area (Å²) in [6, 6.07) is 0.226. The molecule has 0 atom stereocenters. The molecule has 1 N–H and O–H groups in total. The van der Waals surface area contributed by atoms with Gasteiger partial charge < -0.3 is 15.0 Å². The van der Waals surface area contributed by atoms with Gasteiger partial charge in [-0.1, -0.05) is 0 Å². The summed E-state index contributed by atoms with van der Waals surface area (Å²) in [7, 11) is 0. The van der Waals surface area contributed by atoms with E-state index in [-0.39, 0.29) is 30.9 Å². The molecule has 2 amide bonds. The number of hydrogen-bond acceptors (Lipinski definition) is 3. The lowest BCUT2D eigenvalue weighted by Gasteiger charge is -2.40. The summed E-state index contributed by atoms with van der Waals surface area (Å²) in [6.07, 6.45) is 2.46. The number of carbonyl (C=O) groups excluding carboxylic acids is 2. The van der Waals surface area contributed by atoms with Crippen molar-refractivity contribution in [1.29, 1.82) is 0 Å². The van der Waals surface area contributed by atoms with Crippen LogP contribution >= 0.6 is 0 Å². The summed E-state index contributed by atoms with van der Waals surface area (Å²) in [6.45, 7) is -2.50. The Morgan fingerprint density at radius 3 is 2.37 bits per heavy atom. The van der Waals surface area contributed by atoms with Gasteiger partial charge in [0.1, 0.15) is 5.41 Å². The third-order valence-corrected chi connectivity index (χ3v) is 3.94. The average molecular weight is 274 g/mol. The highest BCUT2D eigenvalue weighted by molar-refractivity contribution is 6.08. The number of amides is 2. The van der Waals surface area contributed by atoms with Crippen molar-refractivity contribution in [3.63, 3.8) is 0 Å². The molecule has 1 aliphatic heterocycles. The largest absolute Gasteiger partial charge is 0.352 e.